The normalized spacial score (nSPS) is 19.6. The summed E-state index contributed by atoms with van der Waals surface area (Å²) in [5.74, 6) is -0.420. The van der Waals surface area contributed by atoms with Crippen LogP contribution in [-0.4, -0.2) is 30.8 Å². The van der Waals surface area contributed by atoms with Crippen molar-refractivity contribution in [2.24, 2.45) is 0 Å². The molecular weight excluding hydrogens is 269 g/mol. The predicted molar refractivity (Wildman–Crippen MR) is 72.2 cm³/mol. The van der Waals surface area contributed by atoms with Gasteiger partial charge in [-0.05, 0) is 12.1 Å². The van der Waals surface area contributed by atoms with E-state index in [4.69, 9.17) is 9.15 Å². The zero-order valence-electron chi connectivity index (χ0n) is 10.3. The summed E-state index contributed by atoms with van der Waals surface area (Å²) in [6.45, 7) is 1.06. The van der Waals surface area contributed by atoms with Crippen LogP contribution < -0.4 is 4.90 Å². The minimum atomic E-state index is -0.420. The molecule has 3 rings (SSSR count). The Kier molecular flexibility index (Phi) is 3.20. The average molecular weight is 281 g/mol. The number of amides is 1. The molecule has 19 heavy (non-hydrogen) atoms. The Labute approximate surface area is 113 Å². The molecule has 1 aromatic carbocycles. The summed E-state index contributed by atoms with van der Waals surface area (Å²) in [6, 6.07) is 4.69. The smallest absolute Gasteiger partial charge is 0.286 e. The Morgan fingerprint density at radius 3 is 3.21 bits per heavy atom. The van der Waals surface area contributed by atoms with E-state index in [0.29, 0.717) is 24.2 Å². The molecular formula is C13H12FNO3S. The predicted octanol–water partition coefficient (Wildman–Crippen LogP) is 3.26. The maximum absolute atomic E-state index is 13.6. The van der Waals surface area contributed by atoms with Crippen molar-refractivity contribution in [3.8, 4) is 0 Å². The molecule has 1 aliphatic rings. The number of hydrogen-bond donors (Lipinski definition) is 0. The molecule has 1 saturated heterocycles. The van der Waals surface area contributed by atoms with Crippen molar-refractivity contribution < 1.29 is 18.3 Å². The highest BCUT2D eigenvalue weighted by atomic mass is 32.2. The second-order valence-corrected chi connectivity index (χ2v) is 5.56. The number of hydrogen-bond acceptors (Lipinski definition) is 4. The Balaban J connectivity index is 1.97. The minimum absolute atomic E-state index is 0.0611. The third-order valence-corrected chi connectivity index (χ3v) is 4.09. The summed E-state index contributed by atoms with van der Waals surface area (Å²) in [4.78, 5) is 13.6. The molecule has 1 aromatic heterocycles. The van der Waals surface area contributed by atoms with E-state index in [0.717, 1.165) is 0 Å². The van der Waals surface area contributed by atoms with Crippen molar-refractivity contribution in [2.45, 2.75) is 5.25 Å². The number of carbonyl (C=O) groups is 1. The van der Waals surface area contributed by atoms with E-state index in [1.165, 1.54) is 24.1 Å². The number of ether oxygens (including phenoxy) is 1. The highest BCUT2D eigenvalue weighted by Gasteiger charge is 2.33. The molecule has 2 aromatic rings. The van der Waals surface area contributed by atoms with Crippen molar-refractivity contribution in [1.82, 2.24) is 0 Å². The number of methoxy groups -OCH3 is 1. The van der Waals surface area contributed by atoms with Crippen LogP contribution in [0.2, 0.25) is 0 Å². The zero-order valence-corrected chi connectivity index (χ0v) is 11.1. The van der Waals surface area contributed by atoms with E-state index < -0.39 is 5.82 Å². The van der Waals surface area contributed by atoms with E-state index in [2.05, 4.69) is 0 Å². The first-order valence-corrected chi connectivity index (χ1v) is 6.71. The fraction of sp³-hybridized carbons (Fsp3) is 0.308. The summed E-state index contributed by atoms with van der Waals surface area (Å²) in [5, 5.41) is 0.650. The fourth-order valence-corrected chi connectivity index (χ4v) is 3.22. The number of rotatable bonds is 3. The number of para-hydroxylation sites is 1. The van der Waals surface area contributed by atoms with Crippen LogP contribution in [0.15, 0.2) is 28.9 Å². The van der Waals surface area contributed by atoms with Gasteiger partial charge in [0.15, 0.2) is 11.4 Å². The second kappa shape index (κ2) is 4.86. The van der Waals surface area contributed by atoms with E-state index >= 15 is 0 Å². The summed E-state index contributed by atoms with van der Waals surface area (Å²) < 4.78 is 23.8. The van der Waals surface area contributed by atoms with Gasteiger partial charge in [-0.2, -0.15) is 0 Å². The highest BCUT2D eigenvalue weighted by Crippen LogP contribution is 2.36. The molecule has 4 nitrogen and oxygen atoms in total. The molecule has 0 unspecified atom stereocenters. The van der Waals surface area contributed by atoms with Crippen LogP contribution in [0, 0.1) is 5.82 Å². The maximum Gasteiger partial charge on any atom is 0.286 e. The van der Waals surface area contributed by atoms with Crippen LogP contribution in [0.5, 0.6) is 0 Å². The molecule has 6 heteroatoms. The number of halogens is 1. The second-order valence-electron chi connectivity index (χ2n) is 4.31. The monoisotopic (exact) mass is 281 g/mol. The van der Waals surface area contributed by atoms with E-state index in [1.807, 2.05) is 0 Å². The minimum Gasteiger partial charge on any atom is -0.459 e. The van der Waals surface area contributed by atoms with Gasteiger partial charge in [0.1, 0.15) is 6.26 Å². The first-order valence-electron chi connectivity index (χ1n) is 5.83. The Hall–Kier alpha value is -1.53. The van der Waals surface area contributed by atoms with Crippen molar-refractivity contribution >= 4 is 33.7 Å². The van der Waals surface area contributed by atoms with Crippen LogP contribution in [0.1, 0.15) is 0 Å². The van der Waals surface area contributed by atoms with Gasteiger partial charge in [-0.1, -0.05) is 17.8 Å². The zero-order chi connectivity index (χ0) is 13.4. The largest absolute Gasteiger partial charge is 0.459 e. The highest BCUT2D eigenvalue weighted by molar-refractivity contribution is 8.14. The molecule has 0 bridgehead atoms. The number of anilines is 1. The molecule has 0 aliphatic carbocycles. The molecule has 1 amide bonds. The van der Waals surface area contributed by atoms with Gasteiger partial charge in [0.2, 0.25) is 0 Å². The van der Waals surface area contributed by atoms with Crippen LogP contribution in [0.3, 0.4) is 0 Å². The van der Waals surface area contributed by atoms with E-state index in [-0.39, 0.29) is 16.1 Å². The SMILES string of the molecule is COC[C@H]1CN(c2coc3c(F)cccc23)C(=O)S1. The molecule has 0 radical (unpaired) electrons. The van der Waals surface area contributed by atoms with Crippen LogP contribution in [0.25, 0.3) is 11.0 Å². The van der Waals surface area contributed by atoms with Crippen molar-refractivity contribution in [3.05, 3.63) is 30.3 Å². The number of thioether (sulfide) groups is 1. The van der Waals surface area contributed by atoms with Crippen LogP contribution in [0.4, 0.5) is 14.9 Å². The summed E-state index contributed by atoms with van der Waals surface area (Å²) in [7, 11) is 1.61. The topological polar surface area (TPSA) is 42.7 Å². The van der Waals surface area contributed by atoms with Crippen LogP contribution >= 0.6 is 11.8 Å². The van der Waals surface area contributed by atoms with Crippen LogP contribution in [-0.2, 0) is 4.74 Å². The lowest BCUT2D eigenvalue weighted by Gasteiger charge is -2.13. The number of fused-ring (bicyclic) bond motifs is 1. The molecule has 0 N–H and O–H groups in total. The maximum atomic E-state index is 13.6. The van der Waals surface area contributed by atoms with Gasteiger partial charge < -0.3 is 9.15 Å². The summed E-state index contributed by atoms with van der Waals surface area (Å²) >= 11 is 1.24. The first kappa shape index (κ1) is 12.5. The van der Waals surface area contributed by atoms with Crippen molar-refractivity contribution in [2.75, 3.05) is 25.2 Å². The molecule has 1 aliphatic heterocycles. The molecule has 1 atom stereocenters. The van der Waals surface area contributed by atoms with Gasteiger partial charge in [-0.3, -0.25) is 9.69 Å². The van der Waals surface area contributed by atoms with Gasteiger partial charge >= 0.3 is 0 Å². The molecule has 0 spiro atoms. The van der Waals surface area contributed by atoms with E-state index in [1.54, 1.807) is 24.1 Å². The Morgan fingerprint density at radius 2 is 2.42 bits per heavy atom. The third-order valence-electron chi connectivity index (χ3n) is 3.05. The number of nitrogens with zero attached hydrogens (tertiary/aromatic N) is 1. The Bertz CT molecular complexity index is 627. The molecule has 2 heterocycles. The fourth-order valence-electron chi connectivity index (χ4n) is 2.21. The van der Waals surface area contributed by atoms with Gasteiger partial charge in [0.05, 0.1) is 17.5 Å². The van der Waals surface area contributed by atoms with Gasteiger partial charge in [-0.25, -0.2) is 4.39 Å². The van der Waals surface area contributed by atoms with Crippen molar-refractivity contribution in [3.63, 3.8) is 0 Å². The quantitative estimate of drug-likeness (QED) is 0.866. The summed E-state index contributed by atoms with van der Waals surface area (Å²) in [6.07, 6.45) is 1.43. The standard InChI is InChI=1S/C13H12FNO3S/c1-17-6-8-5-15(13(16)19-8)11-7-18-12-9(11)3-2-4-10(12)14/h2-4,7-8H,5-6H2,1H3/t8-/m1/s1. The summed E-state index contributed by atoms with van der Waals surface area (Å²) in [5.41, 5.74) is 0.802. The first-order chi connectivity index (χ1) is 9.20. The van der Waals surface area contributed by atoms with Gasteiger partial charge in [-0.15, -0.1) is 0 Å². The third kappa shape index (κ3) is 2.11. The lowest BCUT2D eigenvalue weighted by atomic mass is 10.2. The molecule has 100 valence electrons. The lowest BCUT2D eigenvalue weighted by molar-refractivity contribution is 0.201. The van der Waals surface area contributed by atoms with Crippen molar-refractivity contribution in [1.29, 1.82) is 0 Å². The van der Waals surface area contributed by atoms with Gasteiger partial charge in [0.25, 0.3) is 5.24 Å². The number of furan rings is 1. The van der Waals surface area contributed by atoms with E-state index in [9.17, 15) is 9.18 Å². The average Bonchev–Trinajstić information content (AvgIpc) is 2.94. The Morgan fingerprint density at radius 1 is 1.58 bits per heavy atom. The molecule has 0 saturated carbocycles. The van der Waals surface area contributed by atoms with Gasteiger partial charge in [0, 0.05) is 19.0 Å². The molecule has 1 fully saturated rings. The lowest BCUT2D eigenvalue weighted by Crippen LogP contribution is -2.25. The number of benzene rings is 1. The number of carbonyl (C=O) groups excluding carboxylic acids is 1.